The van der Waals surface area contributed by atoms with Crippen LogP contribution in [0.15, 0.2) is 18.2 Å². The van der Waals surface area contributed by atoms with Crippen molar-refractivity contribution in [2.24, 2.45) is 0 Å². The van der Waals surface area contributed by atoms with Gasteiger partial charge in [-0.1, -0.05) is 40.6 Å². The Morgan fingerprint density at radius 2 is 1.88 bits per heavy atom. The third-order valence-electron chi connectivity index (χ3n) is 1.81. The molecule has 0 aliphatic heterocycles. The van der Waals surface area contributed by atoms with Crippen LogP contribution >= 0.6 is 34.8 Å². The Balaban J connectivity index is 3.08. The minimum absolute atomic E-state index is 0.106. The minimum Gasteiger partial charge on any atom is -0.872 e. The molecule has 0 atom stereocenters. The quantitative estimate of drug-likeness (QED) is 0.373. The summed E-state index contributed by atoms with van der Waals surface area (Å²) in [7, 11) is 0. The lowest BCUT2D eigenvalue weighted by Gasteiger charge is -2.14. The zero-order chi connectivity index (χ0) is 13.0. The van der Waals surface area contributed by atoms with Gasteiger partial charge in [-0.05, 0) is 24.6 Å². The average molecular weight is 295 g/mol. The highest BCUT2D eigenvalue weighted by atomic mass is 35.5. The van der Waals surface area contributed by atoms with Gasteiger partial charge in [-0.15, -0.1) is 0 Å². The summed E-state index contributed by atoms with van der Waals surface area (Å²) in [6, 6.07) is 2.65. The van der Waals surface area contributed by atoms with E-state index >= 15 is 0 Å². The molecular weight excluding hydrogens is 286 g/mol. The molecule has 3 nitrogen and oxygen atoms in total. The van der Waals surface area contributed by atoms with E-state index < -0.39 is 11.7 Å². The third kappa shape index (κ3) is 3.80. The molecule has 0 saturated carbocycles. The van der Waals surface area contributed by atoms with Crippen LogP contribution < -0.4 is 5.11 Å². The van der Waals surface area contributed by atoms with E-state index in [1.54, 1.807) is 6.92 Å². The number of carbonyl (C=O) groups is 1. The molecule has 1 rings (SSSR count). The van der Waals surface area contributed by atoms with E-state index in [4.69, 9.17) is 34.8 Å². The molecule has 0 saturated heterocycles. The van der Waals surface area contributed by atoms with Gasteiger partial charge in [0.1, 0.15) is 0 Å². The number of esters is 1. The summed E-state index contributed by atoms with van der Waals surface area (Å²) in [5.74, 6) is -1.30. The van der Waals surface area contributed by atoms with E-state index in [9.17, 15) is 9.90 Å². The standard InChI is InChI=1S/C11H9Cl3O3/c1-2-17-11(16)5-10(15)6-3-8(13)9(14)4-7(6)12/h3-5,15H,2H2,1H3/p-1/b10-5-. The molecule has 0 heterocycles. The predicted molar refractivity (Wildman–Crippen MR) is 66.1 cm³/mol. The first-order valence-corrected chi connectivity index (χ1v) is 5.79. The monoisotopic (exact) mass is 293 g/mol. The smallest absolute Gasteiger partial charge is 0.330 e. The molecular formula is C11H8Cl3O3-. The van der Waals surface area contributed by atoms with Crippen LogP contribution in [0.1, 0.15) is 12.5 Å². The van der Waals surface area contributed by atoms with Crippen LogP contribution in [0, 0.1) is 0 Å². The van der Waals surface area contributed by atoms with Gasteiger partial charge in [0.05, 0.1) is 16.7 Å². The molecule has 0 bridgehead atoms. The first kappa shape index (κ1) is 14.2. The second-order valence-corrected chi connectivity index (χ2v) is 4.23. The Hall–Kier alpha value is -0.900. The van der Waals surface area contributed by atoms with Crippen LogP contribution in [0.2, 0.25) is 15.1 Å². The van der Waals surface area contributed by atoms with Gasteiger partial charge in [0.25, 0.3) is 0 Å². The number of rotatable bonds is 3. The van der Waals surface area contributed by atoms with Gasteiger partial charge in [-0.2, -0.15) is 0 Å². The van der Waals surface area contributed by atoms with Crippen molar-refractivity contribution in [3.63, 3.8) is 0 Å². The number of hydrogen-bond acceptors (Lipinski definition) is 3. The van der Waals surface area contributed by atoms with Crippen molar-refractivity contribution >= 4 is 46.5 Å². The molecule has 0 unspecified atom stereocenters. The molecule has 17 heavy (non-hydrogen) atoms. The average Bonchev–Trinajstić information content (AvgIpc) is 2.23. The summed E-state index contributed by atoms with van der Waals surface area (Å²) in [6.45, 7) is 1.83. The molecule has 0 spiro atoms. The van der Waals surface area contributed by atoms with Gasteiger partial charge >= 0.3 is 5.97 Å². The maximum Gasteiger partial charge on any atom is 0.330 e. The Labute approximate surface area is 114 Å². The molecule has 1 aromatic carbocycles. The van der Waals surface area contributed by atoms with Crippen molar-refractivity contribution in [2.45, 2.75) is 6.92 Å². The Morgan fingerprint density at radius 1 is 1.29 bits per heavy atom. The summed E-state index contributed by atoms with van der Waals surface area (Å²) in [5.41, 5.74) is 0.106. The zero-order valence-electron chi connectivity index (χ0n) is 8.80. The van der Waals surface area contributed by atoms with Gasteiger partial charge in [0.15, 0.2) is 0 Å². The largest absolute Gasteiger partial charge is 0.872 e. The molecule has 1 aromatic rings. The second-order valence-electron chi connectivity index (χ2n) is 3.01. The van der Waals surface area contributed by atoms with Gasteiger partial charge in [-0.25, -0.2) is 4.79 Å². The summed E-state index contributed by atoms with van der Waals surface area (Å²) in [5, 5.41) is 12.2. The first-order chi connectivity index (χ1) is 7.95. The van der Waals surface area contributed by atoms with Crippen molar-refractivity contribution in [1.82, 2.24) is 0 Å². The van der Waals surface area contributed by atoms with Gasteiger partial charge < -0.3 is 9.84 Å². The summed E-state index contributed by atoms with van der Waals surface area (Å²) in [4.78, 5) is 11.1. The fourth-order valence-corrected chi connectivity index (χ4v) is 1.72. The lowest BCUT2D eigenvalue weighted by molar-refractivity contribution is -0.244. The Morgan fingerprint density at radius 3 is 2.47 bits per heavy atom. The van der Waals surface area contributed by atoms with Crippen LogP contribution in [-0.2, 0) is 9.53 Å². The van der Waals surface area contributed by atoms with Crippen LogP contribution in [0.3, 0.4) is 0 Å². The maximum atomic E-state index is 11.7. The number of carbonyl (C=O) groups excluding carboxylic acids is 1. The lowest BCUT2D eigenvalue weighted by Crippen LogP contribution is -2.08. The zero-order valence-corrected chi connectivity index (χ0v) is 11.1. The summed E-state index contributed by atoms with van der Waals surface area (Å²) < 4.78 is 4.61. The number of hydrogen-bond donors (Lipinski definition) is 0. The molecule has 0 aliphatic carbocycles. The van der Waals surface area contributed by atoms with Crippen molar-refractivity contribution in [2.75, 3.05) is 6.61 Å². The molecule has 0 aromatic heterocycles. The molecule has 92 valence electrons. The summed E-state index contributed by atoms with van der Waals surface area (Å²) in [6.07, 6.45) is 0.814. The van der Waals surface area contributed by atoms with Crippen LogP contribution in [0.25, 0.3) is 5.76 Å². The van der Waals surface area contributed by atoms with Crippen molar-refractivity contribution < 1.29 is 14.6 Å². The highest BCUT2D eigenvalue weighted by Crippen LogP contribution is 2.31. The van der Waals surface area contributed by atoms with E-state index in [1.165, 1.54) is 12.1 Å². The number of halogens is 3. The van der Waals surface area contributed by atoms with E-state index in [-0.39, 0.29) is 27.2 Å². The van der Waals surface area contributed by atoms with Crippen molar-refractivity contribution in [1.29, 1.82) is 0 Å². The van der Waals surface area contributed by atoms with Crippen molar-refractivity contribution in [3.8, 4) is 0 Å². The predicted octanol–water partition coefficient (Wildman–Crippen LogP) is 2.91. The fourth-order valence-electron chi connectivity index (χ4n) is 1.08. The Bertz CT molecular complexity index is 469. The maximum absolute atomic E-state index is 11.7. The third-order valence-corrected chi connectivity index (χ3v) is 2.85. The van der Waals surface area contributed by atoms with Gasteiger partial charge in [-0.3, -0.25) is 0 Å². The lowest BCUT2D eigenvalue weighted by atomic mass is 10.2. The van der Waals surface area contributed by atoms with Crippen LogP contribution in [-0.4, -0.2) is 12.6 Å². The highest BCUT2D eigenvalue weighted by Gasteiger charge is 2.06. The molecule has 0 aliphatic rings. The molecule has 6 heteroatoms. The molecule has 0 N–H and O–H groups in total. The fraction of sp³-hybridized carbons (Fsp3) is 0.182. The van der Waals surface area contributed by atoms with E-state index in [0.717, 1.165) is 6.08 Å². The number of ether oxygens (including phenoxy) is 1. The van der Waals surface area contributed by atoms with Gasteiger partial charge in [0.2, 0.25) is 0 Å². The first-order valence-electron chi connectivity index (χ1n) is 4.66. The second kappa shape index (κ2) is 6.15. The minimum atomic E-state index is -0.723. The van der Waals surface area contributed by atoms with E-state index in [2.05, 4.69) is 4.74 Å². The highest BCUT2D eigenvalue weighted by molar-refractivity contribution is 6.43. The van der Waals surface area contributed by atoms with Gasteiger partial charge in [0, 0.05) is 11.1 Å². The summed E-state index contributed by atoms with van der Waals surface area (Å²) >= 11 is 17.3. The van der Waals surface area contributed by atoms with E-state index in [0.29, 0.717) is 0 Å². The molecule has 0 radical (unpaired) electrons. The molecule has 0 fully saturated rings. The number of benzene rings is 1. The molecule has 0 amide bonds. The SMILES string of the molecule is CCOC(=O)/C=C(\[O-])c1cc(Cl)c(Cl)cc1Cl. The topological polar surface area (TPSA) is 49.4 Å². The Kier molecular flexibility index (Phi) is 5.12. The normalized spacial score (nSPS) is 11.4. The van der Waals surface area contributed by atoms with Crippen LogP contribution in [0.4, 0.5) is 0 Å². The van der Waals surface area contributed by atoms with Crippen molar-refractivity contribution in [3.05, 3.63) is 38.8 Å². The van der Waals surface area contributed by atoms with Crippen LogP contribution in [0.5, 0.6) is 0 Å². The van der Waals surface area contributed by atoms with E-state index in [1.807, 2.05) is 0 Å².